The second kappa shape index (κ2) is 6.76. The molecule has 122 valence electrons. The third-order valence-electron chi connectivity index (χ3n) is 3.40. The fourth-order valence-corrected chi connectivity index (χ4v) is 2.39. The first-order chi connectivity index (χ1) is 11.5. The summed E-state index contributed by atoms with van der Waals surface area (Å²) in [7, 11) is 0. The van der Waals surface area contributed by atoms with Crippen LogP contribution in [0.1, 0.15) is 27.6 Å². The molecule has 0 saturated heterocycles. The maximum absolute atomic E-state index is 12.0. The van der Waals surface area contributed by atoms with Gasteiger partial charge in [-0.3, -0.25) is 4.79 Å². The smallest absolute Gasteiger partial charge is 0.274 e. The first-order valence-electron chi connectivity index (χ1n) is 7.29. The molecule has 1 aromatic carbocycles. The zero-order chi connectivity index (χ0) is 17.1. The Morgan fingerprint density at radius 1 is 1.12 bits per heavy atom. The zero-order valence-electron chi connectivity index (χ0n) is 13.2. The molecule has 24 heavy (non-hydrogen) atoms. The summed E-state index contributed by atoms with van der Waals surface area (Å²) in [6.45, 7) is 3.52. The summed E-state index contributed by atoms with van der Waals surface area (Å²) in [5.41, 5.74) is 3.82. The first kappa shape index (κ1) is 16.1. The fraction of sp³-hybridized carbons (Fsp3) is 0.111. The van der Waals surface area contributed by atoms with Crippen molar-refractivity contribution in [3.8, 4) is 11.3 Å². The molecule has 2 heterocycles. The van der Waals surface area contributed by atoms with Crippen LogP contribution in [0.15, 0.2) is 56.4 Å². The van der Waals surface area contributed by atoms with Gasteiger partial charge >= 0.3 is 0 Å². The monoisotopic (exact) mass is 342 g/mol. The van der Waals surface area contributed by atoms with Gasteiger partial charge in [-0.15, -0.1) is 0 Å². The maximum Gasteiger partial charge on any atom is 0.274 e. The van der Waals surface area contributed by atoms with Crippen LogP contribution in [0.3, 0.4) is 0 Å². The third kappa shape index (κ3) is 3.58. The standard InChI is InChI=1S/C18H15ClN2O3/c1-11-9-16(12(2)23-11)18(22)21-20-10-15-7-8-17(24-15)13-3-5-14(19)6-4-13/h3-10H,1-2H3,(H,21,22)/b20-10+. The normalized spacial score (nSPS) is 11.1. The van der Waals surface area contributed by atoms with E-state index in [4.69, 9.17) is 20.4 Å². The van der Waals surface area contributed by atoms with Crippen molar-refractivity contribution in [2.24, 2.45) is 5.10 Å². The fourth-order valence-electron chi connectivity index (χ4n) is 2.26. The van der Waals surface area contributed by atoms with Crippen molar-refractivity contribution in [1.29, 1.82) is 0 Å². The number of nitrogens with zero attached hydrogens (tertiary/aromatic N) is 1. The molecule has 1 N–H and O–H groups in total. The highest BCUT2D eigenvalue weighted by Gasteiger charge is 2.12. The molecule has 0 aliphatic carbocycles. The number of halogens is 1. The molecule has 0 atom stereocenters. The van der Waals surface area contributed by atoms with Gasteiger partial charge in [0, 0.05) is 10.6 Å². The van der Waals surface area contributed by atoms with E-state index in [1.165, 1.54) is 6.21 Å². The van der Waals surface area contributed by atoms with E-state index < -0.39 is 0 Å². The number of aryl methyl sites for hydroxylation is 2. The van der Waals surface area contributed by atoms with E-state index in [-0.39, 0.29) is 5.91 Å². The highest BCUT2D eigenvalue weighted by Crippen LogP contribution is 2.23. The quantitative estimate of drug-likeness (QED) is 0.557. The van der Waals surface area contributed by atoms with Gasteiger partial charge in [-0.1, -0.05) is 11.6 Å². The Hall–Kier alpha value is -2.79. The minimum Gasteiger partial charge on any atom is -0.466 e. The molecule has 3 rings (SSSR count). The number of carbonyl (C=O) groups is 1. The van der Waals surface area contributed by atoms with Gasteiger partial charge in [0.1, 0.15) is 23.0 Å². The third-order valence-corrected chi connectivity index (χ3v) is 3.65. The van der Waals surface area contributed by atoms with Crippen molar-refractivity contribution in [2.75, 3.05) is 0 Å². The van der Waals surface area contributed by atoms with Crippen LogP contribution in [0.4, 0.5) is 0 Å². The molecule has 6 heteroatoms. The van der Waals surface area contributed by atoms with Crippen molar-refractivity contribution in [1.82, 2.24) is 5.43 Å². The minimum absolute atomic E-state index is 0.329. The molecule has 0 radical (unpaired) electrons. The second-order valence-electron chi connectivity index (χ2n) is 5.23. The molecular weight excluding hydrogens is 328 g/mol. The topological polar surface area (TPSA) is 67.7 Å². The van der Waals surface area contributed by atoms with Gasteiger partial charge in [0.15, 0.2) is 0 Å². The van der Waals surface area contributed by atoms with Crippen LogP contribution < -0.4 is 5.43 Å². The number of benzene rings is 1. The highest BCUT2D eigenvalue weighted by molar-refractivity contribution is 6.30. The molecule has 0 fully saturated rings. The Labute approximate surface area is 143 Å². The van der Waals surface area contributed by atoms with Crippen LogP contribution in [-0.2, 0) is 0 Å². The van der Waals surface area contributed by atoms with Crippen molar-refractivity contribution < 1.29 is 13.6 Å². The predicted octanol–water partition coefficient (Wildman–Crippen LogP) is 4.57. The van der Waals surface area contributed by atoms with Crippen LogP contribution in [0, 0.1) is 13.8 Å². The lowest BCUT2D eigenvalue weighted by Gasteiger charge is -1.97. The van der Waals surface area contributed by atoms with Crippen molar-refractivity contribution in [3.63, 3.8) is 0 Å². The van der Waals surface area contributed by atoms with E-state index in [9.17, 15) is 4.79 Å². The largest absolute Gasteiger partial charge is 0.466 e. The summed E-state index contributed by atoms with van der Waals surface area (Å²) in [5.74, 6) is 2.13. The SMILES string of the molecule is Cc1cc(C(=O)N/N=C/c2ccc(-c3ccc(Cl)cc3)o2)c(C)o1. The Balaban J connectivity index is 1.66. The predicted molar refractivity (Wildman–Crippen MR) is 92.4 cm³/mol. The van der Waals surface area contributed by atoms with E-state index in [1.807, 2.05) is 18.2 Å². The highest BCUT2D eigenvalue weighted by atomic mass is 35.5. The summed E-state index contributed by atoms with van der Waals surface area (Å²) >= 11 is 5.87. The number of hydrogen-bond donors (Lipinski definition) is 1. The lowest BCUT2D eigenvalue weighted by molar-refractivity contribution is 0.0953. The van der Waals surface area contributed by atoms with Gasteiger partial charge in [0.25, 0.3) is 5.91 Å². The summed E-state index contributed by atoms with van der Waals surface area (Å²) in [6, 6.07) is 12.6. The molecule has 0 unspecified atom stereocenters. The van der Waals surface area contributed by atoms with Gasteiger partial charge < -0.3 is 8.83 Å². The molecule has 0 aliphatic heterocycles. The maximum atomic E-state index is 12.0. The Kier molecular flexibility index (Phi) is 4.53. The number of furan rings is 2. The number of hydrazone groups is 1. The average molecular weight is 343 g/mol. The lowest BCUT2D eigenvalue weighted by Crippen LogP contribution is -2.17. The first-order valence-corrected chi connectivity index (χ1v) is 7.67. The van der Waals surface area contributed by atoms with Crippen LogP contribution in [0.25, 0.3) is 11.3 Å². The Morgan fingerprint density at radius 3 is 2.54 bits per heavy atom. The van der Waals surface area contributed by atoms with Gasteiger partial charge in [-0.2, -0.15) is 5.10 Å². The molecule has 0 spiro atoms. The van der Waals surface area contributed by atoms with E-state index in [1.54, 1.807) is 38.1 Å². The van der Waals surface area contributed by atoms with Crippen molar-refractivity contribution in [2.45, 2.75) is 13.8 Å². The van der Waals surface area contributed by atoms with Gasteiger partial charge in [0.2, 0.25) is 0 Å². The average Bonchev–Trinajstić information content (AvgIpc) is 3.14. The summed E-state index contributed by atoms with van der Waals surface area (Å²) in [4.78, 5) is 12.0. The van der Waals surface area contributed by atoms with Gasteiger partial charge in [-0.25, -0.2) is 5.43 Å². The Bertz CT molecular complexity index is 891. The van der Waals surface area contributed by atoms with E-state index in [0.29, 0.717) is 33.6 Å². The molecule has 0 bridgehead atoms. The van der Waals surface area contributed by atoms with E-state index in [2.05, 4.69) is 10.5 Å². The summed E-state index contributed by atoms with van der Waals surface area (Å²) < 4.78 is 11.0. The zero-order valence-corrected chi connectivity index (χ0v) is 13.9. The number of carbonyl (C=O) groups excluding carboxylic acids is 1. The second-order valence-corrected chi connectivity index (χ2v) is 5.67. The molecule has 2 aromatic heterocycles. The van der Waals surface area contributed by atoms with Crippen LogP contribution in [0.5, 0.6) is 0 Å². The van der Waals surface area contributed by atoms with Crippen LogP contribution in [-0.4, -0.2) is 12.1 Å². The van der Waals surface area contributed by atoms with Crippen molar-refractivity contribution >= 4 is 23.7 Å². The molecule has 0 aliphatic rings. The van der Waals surface area contributed by atoms with E-state index >= 15 is 0 Å². The lowest BCUT2D eigenvalue weighted by atomic mass is 10.2. The summed E-state index contributed by atoms with van der Waals surface area (Å²) in [6.07, 6.45) is 1.44. The van der Waals surface area contributed by atoms with Gasteiger partial charge in [0.05, 0.1) is 11.8 Å². The van der Waals surface area contributed by atoms with E-state index in [0.717, 1.165) is 5.56 Å². The minimum atomic E-state index is -0.329. The molecule has 0 saturated carbocycles. The number of amides is 1. The molecule has 1 amide bonds. The molecule has 5 nitrogen and oxygen atoms in total. The molecular formula is C18H15ClN2O3. The molecule has 3 aromatic rings. The number of hydrogen-bond acceptors (Lipinski definition) is 4. The van der Waals surface area contributed by atoms with Crippen molar-refractivity contribution in [3.05, 3.63) is 70.3 Å². The van der Waals surface area contributed by atoms with Crippen LogP contribution >= 0.6 is 11.6 Å². The number of rotatable bonds is 4. The van der Waals surface area contributed by atoms with Gasteiger partial charge in [-0.05, 0) is 56.3 Å². The Morgan fingerprint density at radius 2 is 1.88 bits per heavy atom. The van der Waals surface area contributed by atoms with Crippen LogP contribution in [0.2, 0.25) is 5.02 Å². The number of nitrogens with one attached hydrogen (secondary N) is 1. The summed E-state index contributed by atoms with van der Waals surface area (Å²) in [5, 5.41) is 4.57.